The monoisotopic (exact) mass is 237 g/mol. The van der Waals surface area contributed by atoms with Crippen molar-refractivity contribution >= 4 is 11.6 Å². The van der Waals surface area contributed by atoms with E-state index >= 15 is 0 Å². The van der Waals surface area contributed by atoms with Crippen LogP contribution in [-0.2, 0) is 0 Å². The maximum absolute atomic E-state index is 12.6. The fourth-order valence-corrected chi connectivity index (χ4v) is 1.41. The van der Waals surface area contributed by atoms with Gasteiger partial charge in [-0.05, 0) is 24.2 Å². The summed E-state index contributed by atoms with van der Waals surface area (Å²) in [5, 5.41) is 2.82. The van der Waals surface area contributed by atoms with Gasteiger partial charge in [0.05, 0.1) is 0 Å². The Morgan fingerprint density at radius 3 is 2.20 bits per heavy atom. The van der Waals surface area contributed by atoms with Gasteiger partial charge < -0.3 is 5.32 Å². The maximum atomic E-state index is 12.6. The number of hydrogen-bond donors (Lipinski definition) is 1. The summed E-state index contributed by atoms with van der Waals surface area (Å²) in [7, 11) is 0. The summed E-state index contributed by atoms with van der Waals surface area (Å²) in [5.41, 5.74) is 0.175. The van der Waals surface area contributed by atoms with Crippen molar-refractivity contribution < 1.29 is 13.2 Å². The fourth-order valence-electron chi connectivity index (χ4n) is 1.28. The van der Waals surface area contributed by atoms with Crippen molar-refractivity contribution in [1.82, 2.24) is 5.32 Å². The van der Waals surface area contributed by atoms with Crippen LogP contribution in [0.15, 0.2) is 24.3 Å². The van der Waals surface area contributed by atoms with Crippen molar-refractivity contribution in [3.05, 3.63) is 34.9 Å². The molecule has 1 aromatic carbocycles. The molecule has 0 amide bonds. The molecule has 0 aliphatic carbocycles. The molecule has 0 aromatic heterocycles. The van der Waals surface area contributed by atoms with Crippen LogP contribution in [0.25, 0.3) is 0 Å². The SMILES string of the molecule is CCN[C@@H](c1ccc(Cl)cc1)C(F)(F)F. The molecule has 5 heteroatoms. The molecule has 0 bridgehead atoms. The van der Waals surface area contributed by atoms with Crippen molar-refractivity contribution in [2.24, 2.45) is 0 Å². The molecule has 0 heterocycles. The van der Waals surface area contributed by atoms with E-state index in [1.165, 1.54) is 24.3 Å². The van der Waals surface area contributed by atoms with E-state index in [9.17, 15) is 13.2 Å². The second-order valence-corrected chi connectivity index (χ2v) is 3.52. The summed E-state index contributed by atoms with van der Waals surface area (Å²) >= 11 is 5.61. The molecular formula is C10H11ClF3N. The van der Waals surface area contributed by atoms with Gasteiger partial charge in [0.1, 0.15) is 6.04 Å². The Morgan fingerprint density at radius 1 is 1.27 bits per heavy atom. The number of alkyl halides is 3. The summed E-state index contributed by atoms with van der Waals surface area (Å²) in [6.07, 6.45) is -4.29. The zero-order valence-corrected chi connectivity index (χ0v) is 8.86. The van der Waals surface area contributed by atoms with Crippen LogP contribution in [0.4, 0.5) is 13.2 Å². The Bertz CT molecular complexity index is 307. The Balaban J connectivity index is 2.94. The largest absolute Gasteiger partial charge is 0.407 e. The van der Waals surface area contributed by atoms with E-state index in [4.69, 9.17) is 11.6 Å². The normalized spacial score (nSPS) is 13.9. The lowest BCUT2D eigenvalue weighted by Gasteiger charge is -2.21. The zero-order chi connectivity index (χ0) is 11.5. The van der Waals surface area contributed by atoms with E-state index in [1.54, 1.807) is 6.92 Å². The third kappa shape index (κ3) is 3.39. The molecule has 0 aliphatic heterocycles. The average Bonchev–Trinajstić information content (AvgIpc) is 2.14. The van der Waals surface area contributed by atoms with Gasteiger partial charge in [-0.2, -0.15) is 13.2 Å². The molecule has 0 spiro atoms. The van der Waals surface area contributed by atoms with Crippen molar-refractivity contribution in [3.8, 4) is 0 Å². The van der Waals surface area contributed by atoms with E-state index in [2.05, 4.69) is 5.32 Å². The predicted molar refractivity (Wildman–Crippen MR) is 53.9 cm³/mol. The first kappa shape index (κ1) is 12.3. The van der Waals surface area contributed by atoms with E-state index in [0.717, 1.165) is 0 Å². The number of benzene rings is 1. The molecule has 1 aromatic rings. The quantitative estimate of drug-likeness (QED) is 0.848. The summed E-state index contributed by atoms with van der Waals surface area (Å²) in [6, 6.07) is 4.03. The lowest BCUT2D eigenvalue weighted by molar-refractivity contribution is -0.157. The van der Waals surface area contributed by atoms with Gasteiger partial charge in [-0.3, -0.25) is 0 Å². The molecule has 15 heavy (non-hydrogen) atoms. The topological polar surface area (TPSA) is 12.0 Å². The molecule has 0 saturated heterocycles. The van der Waals surface area contributed by atoms with E-state index in [-0.39, 0.29) is 12.1 Å². The van der Waals surface area contributed by atoms with Gasteiger partial charge >= 0.3 is 6.18 Å². The molecule has 1 atom stereocenters. The highest BCUT2D eigenvalue weighted by atomic mass is 35.5. The second-order valence-electron chi connectivity index (χ2n) is 3.08. The van der Waals surface area contributed by atoms with Gasteiger partial charge in [-0.25, -0.2) is 0 Å². The summed E-state index contributed by atoms with van der Waals surface area (Å²) in [5.74, 6) is 0. The average molecular weight is 238 g/mol. The molecule has 1 N–H and O–H groups in total. The van der Waals surface area contributed by atoms with Gasteiger partial charge in [0.25, 0.3) is 0 Å². The summed E-state index contributed by atoms with van der Waals surface area (Å²) in [6.45, 7) is 1.89. The molecule has 1 rings (SSSR count). The van der Waals surface area contributed by atoms with Crippen LogP contribution in [0.1, 0.15) is 18.5 Å². The van der Waals surface area contributed by atoms with Gasteiger partial charge in [0, 0.05) is 5.02 Å². The first-order chi connectivity index (χ1) is 6.95. The van der Waals surface area contributed by atoms with Crippen LogP contribution in [0.2, 0.25) is 5.02 Å². The lowest BCUT2D eigenvalue weighted by Crippen LogP contribution is -2.33. The van der Waals surface area contributed by atoms with Gasteiger partial charge in [0.2, 0.25) is 0 Å². The molecule has 84 valence electrons. The van der Waals surface area contributed by atoms with Crippen LogP contribution >= 0.6 is 11.6 Å². The maximum Gasteiger partial charge on any atom is 0.407 e. The van der Waals surface area contributed by atoms with E-state index < -0.39 is 12.2 Å². The number of nitrogens with one attached hydrogen (secondary N) is 1. The minimum atomic E-state index is -4.29. The van der Waals surface area contributed by atoms with Gasteiger partial charge in [-0.15, -0.1) is 0 Å². The highest BCUT2D eigenvalue weighted by Crippen LogP contribution is 2.32. The zero-order valence-electron chi connectivity index (χ0n) is 8.11. The van der Waals surface area contributed by atoms with Crippen molar-refractivity contribution in [3.63, 3.8) is 0 Å². The lowest BCUT2D eigenvalue weighted by atomic mass is 10.1. The first-order valence-electron chi connectivity index (χ1n) is 4.50. The Morgan fingerprint density at radius 2 is 1.80 bits per heavy atom. The molecular weight excluding hydrogens is 227 g/mol. The number of hydrogen-bond acceptors (Lipinski definition) is 1. The van der Waals surface area contributed by atoms with Crippen LogP contribution in [0.5, 0.6) is 0 Å². The second kappa shape index (κ2) is 4.86. The first-order valence-corrected chi connectivity index (χ1v) is 4.88. The third-order valence-corrected chi connectivity index (χ3v) is 2.19. The van der Waals surface area contributed by atoms with Crippen molar-refractivity contribution in [1.29, 1.82) is 0 Å². The van der Waals surface area contributed by atoms with Crippen LogP contribution in [0.3, 0.4) is 0 Å². The van der Waals surface area contributed by atoms with E-state index in [1.807, 2.05) is 0 Å². The standard InChI is InChI=1S/C10H11ClF3N/c1-2-15-9(10(12,13)14)7-3-5-8(11)6-4-7/h3-6,9,15H,2H2,1H3/t9-/m0/s1. The molecule has 0 fully saturated rings. The van der Waals surface area contributed by atoms with Crippen LogP contribution in [0, 0.1) is 0 Å². The van der Waals surface area contributed by atoms with Gasteiger partial charge in [0.15, 0.2) is 0 Å². The van der Waals surface area contributed by atoms with Crippen LogP contribution < -0.4 is 5.32 Å². The van der Waals surface area contributed by atoms with Crippen molar-refractivity contribution in [2.45, 2.75) is 19.1 Å². The molecule has 1 nitrogen and oxygen atoms in total. The minimum Gasteiger partial charge on any atom is -0.303 e. The predicted octanol–water partition coefficient (Wildman–Crippen LogP) is 3.55. The fraction of sp³-hybridized carbons (Fsp3) is 0.400. The molecule has 0 radical (unpaired) electrons. The highest BCUT2D eigenvalue weighted by Gasteiger charge is 2.39. The highest BCUT2D eigenvalue weighted by molar-refractivity contribution is 6.30. The summed E-state index contributed by atoms with van der Waals surface area (Å²) < 4.78 is 37.8. The Kier molecular flexibility index (Phi) is 3.99. The van der Waals surface area contributed by atoms with Gasteiger partial charge in [-0.1, -0.05) is 30.7 Å². The minimum absolute atomic E-state index is 0.175. The third-order valence-electron chi connectivity index (χ3n) is 1.94. The summed E-state index contributed by atoms with van der Waals surface area (Å²) in [4.78, 5) is 0. The van der Waals surface area contributed by atoms with E-state index in [0.29, 0.717) is 5.02 Å². The van der Waals surface area contributed by atoms with Crippen molar-refractivity contribution in [2.75, 3.05) is 6.54 Å². The smallest absolute Gasteiger partial charge is 0.303 e. The number of rotatable bonds is 3. The molecule has 0 saturated carbocycles. The molecule has 0 aliphatic rings. The van der Waals surface area contributed by atoms with Crippen LogP contribution in [-0.4, -0.2) is 12.7 Å². The Hall–Kier alpha value is -0.740. The number of halogens is 4. The molecule has 0 unspecified atom stereocenters. The Labute approximate surface area is 91.2 Å².